The van der Waals surface area contributed by atoms with Gasteiger partial charge in [0.15, 0.2) is 0 Å². The highest BCUT2D eigenvalue weighted by Crippen LogP contribution is 2.27. The average molecular weight is 531 g/mol. The summed E-state index contributed by atoms with van der Waals surface area (Å²) < 4.78 is 35.6. The van der Waals surface area contributed by atoms with Crippen molar-refractivity contribution >= 4 is 39.2 Å². The topological polar surface area (TPSA) is 55.4 Å². The standard InChI is InChI=1S/C22H50O6S2Si2/c1-7-23-31(24-8-2,25-9-3)21-17-13-15-19-29-30-20-16-14-18-22-32(26-10-4,27-11-5)28-12-6/h7-22H2,1-6H3. The van der Waals surface area contributed by atoms with E-state index in [1.165, 1.54) is 37.2 Å². The number of hydrogen-bond acceptors (Lipinski definition) is 8. The molecular formula is C22H50O6S2Si2. The van der Waals surface area contributed by atoms with Crippen molar-refractivity contribution in [2.24, 2.45) is 0 Å². The molecule has 0 amide bonds. The van der Waals surface area contributed by atoms with Crippen LogP contribution >= 0.6 is 21.6 Å². The molecule has 32 heavy (non-hydrogen) atoms. The maximum absolute atomic E-state index is 5.93. The Morgan fingerprint density at radius 1 is 0.406 bits per heavy atom. The molecule has 0 N–H and O–H groups in total. The van der Waals surface area contributed by atoms with Crippen molar-refractivity contribution in [2.75, 3.05) is 51.1 Å². The number of rotatable bonds is 25. The van der Waals surface area contributed by atoms with Gasteiger partial charge in [-0.3, -0.25) is 0 Å². The smallest absolute Gasteiger partial charge is 0.374 e. The zero-order chi connectivity index (χ0) is 24.0. The summed E-state index contributed by atoms with van der Waals surface area (Å²) in [6.07, 6.45) is 7.10. The summed E-state index contributed by atoms with van der Waals surface area (Å²) in [6.45, 7) is 16.0. The highest BCUT2D eigenvalue weighted by atomic mass is 33.1. The molecule has 0 aliphatic rings. The van der Waals surface area contributed by atoms with Gasteiger partial charge in [0.2, 0.25) is 0 Å². The molecule has 0 saturated heterocycles. The maximum Gasteiger partial charge on any atom is 0.500 e. The Labute approximate surface area is 208 Å². The maximum atomic E-state index is 5.93. The molecule has 194 valence electrons. The Morgan fingerprint density at radius 3 is 0.938 bits per heavy atom. The van der Waals surface area contributed by atoms with Crippen molar-refractivity contribution < 1.29 is 26.6 Å². The van der Waals surface area contributed by atoms with Crippen LogP contribution in [0.5, 0.6) is 0 Å². The zero-order valence-corrected chi connectivity index (χ0v) is 25.2. The fourth-order valence-electron chi connectivity index (χ4n) is 3.48. The molecule has 0 spiro atoms. The summed E-state index contributed by atoms with van der Waals surface area (Å²) in [5.74, 6) is 2.40. The predicted molar refractivity (Wildman–Crippen MR) is 143 cm³/mol. The Hall–Kier alpha value is 0.894. The second-order valence-corrected chi connectivity index (χ2v) is 15.4. The van der Waals surface area contributed by atoms with Crippen molar-refractivity contribution in [2.45, 2.75) is 92.2 Å². The van der Waals surface area contributed by atoms with Gasteiger partial charge in [-0.05, 0) is 67.2 Å². The molecule has 6 nitrogen and oxygen atoms in total. The van der Waals surface area contributed by atoms with Crippen LogP contribution in [0.1, 0.15) is 80.1 Å². The van der Waals surface area contributed by atoms with E-state index >= 15 is 0 Å². The largest absolute Gasteiger partial charge is 0.500 e. The Kier molecular flexibility index (Phi) is 23.0. The van der Waals surface area contributed by atoms with Crippen molar-refractivity contribution in [3.05, 3.63) is 0 Å². The molecule has 0 rings (SSSR count). The minimum atomic E-state index is -2.46. The van der Waals surface area contributed by atoms with Crippen molar-refractivity contribution in [1.82, 2.24) is 0 Å². The summed E-state index contributed by atoms with van der Waals surface area (Å²) in [5, 5.41) is 0. The fourth-order valence-corrected chi connectivity index (χ4v) is 11.1. The summed E-state index contributed by atoms with van der Waals surface area (Å²) in [6, 6.07) is 1.85. The van der Waals surface area contributed by atoms with Crippen LogP contribution in [0.25, 0.3) is 0 Å². The van der Waals surface area contributed by atoms with E-state index in [9.17, 15) is 0 Å². The first-order valence-corrected chi connectivity index (χ1v) is 19.0. The van der Waals surface area contributed by atoms with Gasteiger partial charge in [-0.25, -0.2) is 0 Å². The molecule has 0 unspecified atom stereocenters. The molecule has 0 bridgehead atoms. The van der Waals surface area contributed by atoms with Crippen LogP contribution in [0.2, 0.25) is 12.1 Å². The third-order valence-corrected chi connectivity index (χ3v) is 13.6. The van der Waals surface area contributed by atoms with Gasteiger partial charge in [0.25, 0.3) is 0 Å². The van der Waals surface area contributed by atoms with Gasteiger partial charge in [-0.2, -0.15) is 0 Å². The Balaban J connectivity index is 3.85. The van der Waals surface area contributed by atoms with Gasteiger partial charge in [-0.1, -0.05) is 34.4 Å². The van der Waals surface area contributed by atoms with Gasteiger partial charge in [0.05, 0.1) is 0 Å². The van der Waals surface area contributed by atoms with E-state index in [0.29, 0.717) is 39.6 Å². The third-order valence-electron chi connectivity index (χ3n) is 4.69. The van der Waals surface area contributed by atoms with E-state index in [4.69, 9.17) is 26.6 Å². The lowest BCUT2D eigenvalue weighted by Gasteiger charge is -2.28. The van der Waals surface area contributed by atoms with Crippen molar-refractivity contribution in [3.63, 3.8) is 0 Å². The summed E-state index contributed by atoms with van der Waals surface area (Å²) >= 11 is 0. The molecule has 0 saturated carbocycles. The van der Waals surface area contributed by atoms with Crippen molar-refractivity contribution in [3.8, 4) is 0 Å². The second-order valence-electron chi connectivity index (χ2n) is 7.23. The van der Waals surface area contributed by atoms with E-state index in [1.807, 2.05) is 63.1 Å². The monoisotopic (exact) mass is 530 g/mol. The van der Waals surface area contributed by atoms with Crippen LogP contribution < -0.4 is 0 Å². The number of hydrogen-bond donors (Lipinski definition) is 0. The molecule has 0 aromatic carbocycles. The molecule has 0 atom stereocenters. The lowest BCUT2D eigenvalue weighted by atomic mass is 10.3. The predicted octanol–water partition coefficient (Wildman–Crippen LogP) is 6.81. The molecule has 0 aliphatic carbocycles. The fraction of sp³-hybridized carbons (Fsp3) is 1.00. The summed E-state index contributed by atoms with van der Waals surface area (Å²) in [4.78, 5) is 0. The minimum absolute atomic E-state index is 0.658. The molecule has 0 aromatic heterocycles. The van der Waals surface area contributed by atoms with Gasteiger partial charge < -0.3 is 26.6 Å². The van der Waals surface area contributed by atoms with Crippen LogP contribution in [0, 0.1) is 0 Å². The van der Waals surface area contributed by atoms with Crippen molar-refractivity contribution in [1.29, 1.82) is 0 Å². The lowest BCUT2D eigenvalue weighted by molar-refractivity contribution is 0.0699. The molecule has 0 aliphatic heterocycles. The van der Waals surface area contributed by atoms with Gasteiger partial charge in [0, 0.05) is 63.2 Å². The summed E-state index contributed by atoms with van der Waals surface area (Å²) in [5.41, 5.74) is 0. The summed E-state index contributed by atoms with van der Waals surface area (Å²) in [7, 11) is -0.913. The first-order chi connectivity index (χ1) is 15.6. The van der Waals surface area contributed by atoms with E-state index in [2.05, 4.69) is 0 Å². The zero-order valence-electron chi connectivity index (χ0n) is 21.6. The molecule has 0 aromatic rings. The van der Waals surface area contributed by atoms with Gasteiger partial charge in [-0.15, -0.1) is 0 Å². The van der Waals surface area contributed by atoms with Crippen LogP contribution in [0.15, 0.2) is 0 Å². The van der Waals surface area contributed by atoms with E-state index in [0.717, 1.165) is 24.9 Å². The highest BCUT2D eigenvalue weighted by molar-refractivity contribution is 8.76. The highest BCUT2D eigenvalue weighted by Gasteiger charge is 2.40. The molecular weight excluding hydrogens is 481 g/mol. The van der Waals surface area contributed by atoms with E-state index in [-0.39, 0.29) is 0 Å². The molecule has 0 heterocycles. The Bertz CT molecular complexity index is 341. The van der Waals surface area contributed by atoms with Crippen LogP contribution in [0.4, 0.5) is 0 Å². The minimum Gasteiger partial charge on any atom is -0.374 e. The second kappa shape index (κ2) is 22.4. The van der Waals surface area contributed by atoms with E-state index < -0.39 is 17.6 Å². The molecule has 0 radical (unpaired) electrons. The van der Waals surface area contributed by atoms with E-state index in [1.54, 1.807) is 0 Å². The molecule has 0 fully saturated rings. The first kappa shape index (κ1) is 32.9. The normalized spacial score (nSPS) is 12.6. The molecule has 10 heteroatoms. The van der Waals surface area contributed by atoms with Gasteiger partial charge in [0.1, 0.15) is 0 Å². The third kappa shape index (κ3) is 15.7. The van der Waals surface area contributed by atoms with Crippen LogP contribution in [-0.4, -0.2) is 68.8 Å². The lowest BCUT2D eigenvalue weighted by Crippen LogP contribution is -2.45. The van der Waals surface area contributed by atoms with Gasteiger partial charge >= 0.3 is 17.6 Å². The van der Waals surface area contributed by atoms with Crippen LogP contribution in [-0.2, 0) is 26.6 Å². The number of unbranched alkanes of at least 4 members (excludes halogenated alkanes) is 4. The Morgan fingerprint density at radius 2 is 0.688 bits per heavy atom. The van der Waals surface area contributed by atoms with Crippen LogP contribution in [0.3, 0.4) is 0 Å². The quantitative estimate of drug-likeness (QED) is 0.0725. The average Bonchev–Trinajstić information content (AvgIpc) is 2.76. The first-order valence-electron chi connectivity index (χ1n) is 12.7. The SMILES string of the molecule is CCO[Si](CCCCCSSCCCCC[Si](OCC)(OCC)OCC)(OCC)OCC.